The van der Waals surface area contributed by atoms with Crippen molar-refractivity contribution in [3.05, 3.63) is 100 Å². The number of amides is 1. The van der Waals surface area contributed by atoms with Crippen molar-refractivity contribution in [3.63, 3.8) is 0 Å². The van der Waals surface area contributed by atoms with Gasteiger partial charge in [-0.15, -0.1) is 0 Å². The SMILES string of the molecule is COC(=O)C1=C(C)N(c2ccc(C)c(C)c2)C(=O)/C1=C\c1ccc(CNS(=O)(=O)c2ccccc2)o1. The van der Waals surface area contributed by atoms with Crippen LogP contribution in [0.4, 0.5) is 5.69 Å². The van der Waals surface area contributed by atoms with Crippen LogP contribution in [-0.4, -0.2) is 27.4 Å². The fourth-order valence-corrected chi connectivity index (χ4v) is 4.93. The van der Waals surface area contributed by atoms with Gasteiger partial charge in [0.1, 0.15) is 11.5 Å². The van der Waals surface area contributed by atoms with E-state index in [2.05, 4.69) is 4.72 Å². The number of anilines is 1. The van der Waals surface area contributed by atoms with E-state index in [4.69, 9.17) is 9.15 Å². The fourth-order valence-electron chi connectivity index (χ4n) is 3.91. The standard InChI is InChI=1S/C27H26N2O6S/c1-17-10-11-20(14-18(17)2)29-19(3)25(27(31)34-4)24(26(29)30)15-21-12-13-22(35-21)16-28-36(32,33)23-8-6-5-7-9-23/h5-15,28H,16H2,1-4H3/b24-15-. The van der Waals surface area contributed by atoms with E-state index in [9.17, 15) is 18.0 Å². The van der Waals surface area contributed by atoms with E-state index < -0.39 is 16.0 Å². The molecule has 0 atom stereocenters. The maximum Gasteiger partial charge on any atom is 0.340 e. The largest absolute Gasteiger partial charge is 0.465 e. The Morgan fingerprint density at radius 1 is 1.03 bits per heavy atom. The van der Waals surface area contributed by atoms with Gasteiger partial charge in [-0.3, -0.25) is 9.69 Å². The number of hydrogen-bond acceptors (Lipinski definition) is 6. The lowest BCUT2D eigenvalue weighted by Gasteiger charge is -2.19. The number of ether oxygens (including phenoxy) is 1. The van der Waals surface area contributed by atoms with Crippen LogP contribution in [0.5, 0.6) is 0 Å². The summed E-state index contributed by atoms with van der Waals surface area (Å²) in [6.07, 6.45) is 1.47. The van der Waals surface area contributed by atoms with E-state index in [-0.39, 0.29) is 28.5 Å². The molecule has 0 spiro atoms. The van der Waals surface area contributed by atoms with Crippen molar-refractivity contribution in [1.29, 1.82) is 0 Å². The minimum atomic E-state index is -3.71. The van der Waals surface area contributed by atoms with Crippen molar-refractivity contribution in [3.8, 4) is 0 Å². The van der Waals surface area contributed by atoms with Crippen LogP contribution in [0.15, 0.2) is 86.8 Å². The van der Waals surface area contributed by atoms with Gasteiger partial charge in [0.05, 0.1) is 29.7 Å². The van der Waals surface area contributed by atoms with Crippen LogP contribution in [0, 0.1) is 13.8 Å². The number of allylic oxidation sites excluding steroid dienone is 1. The van der Waals surface area contributed by atoms with E-state index in [1.165, 1.54) is 30.2 Å². The number of hydrogen-bond donors (Lipinski definition) is 1. The Morgan fingerprint density at radius 2 is 1.75 bits per heavy atom. The van der Waals surface area contributed by atoms with Crippen molar-refractivity contribution >= 4 is 33.7 Å². The summed E-state index contributed by atoms with van der Waals surface area (Å²) in [7, 11) is -2.45. The van der Waals surface area contributed by atoms with Crippen LogP contribution in [0.1, 0.15) is 29.6 Å². The number of sulfonamides is 1. The molecule has 1 N–H and O–H groups in total. The van der Waals surface area contributed by atoms with Gasteiger partial charge in [-0.2, -0.15) is 0 Å². The summed E-state index contributed by atoms with van der Waals surface area (Å²) in [6, 6.07) is 16.8. The summed E-state index contributed by atoms with van der Waals surface area (Å²) >= 11 is 0. The number of furan rings is 1. The Labute approximate surface area is 209 Å². The number of aryl methyl sites for hydroxylation is 2. The lowest BCUT2D eigenvalue weighted by molar-refractivity contribution is -0.136. The second-order valence-electron chi connectivity index (χ2n) is 8.36. The molecule has 0 saturated heterocycles. The Morgan fingerprint density at radius 3 is 2.42 bits per heavy atom. The van der Waals surface area contributed by atoms with Crippen LogP contribution in [0.2, 0.25) is 0 Å². The first-order valence-electron chi connectivity index (χ1n) is 11.2. The third-order valence-corrected chi connectivity index (χ3v) is 7.41. The molecular formula is C27H26N2O6S. The summed E-state index contributed by atoms with van der Waals surface area (Å²) in [5.41, 5.74) is 3.46. The molecule has 9 heteroatoms. The van der Waals surface area contributed by atoms with Gasteiger partial charge in [0.25, 0.3) is 5.91 Å². The maximum absolute atomic E-state index is 13.4. The number of nitrogens with zero attached hydrogens (tertiary/aromatic N) is 1. The normalized spacial score (nSPS) is 15.2. The zero-order valence-corrected chi connectivity index (χ0v) is 21.2. The van der Waals surface area contributed by atoms with E-state index >= 15 is 0 Å². The van der Waals surface area contributed by atoms with Crippen LogP contribution in [0.3, 0.4) is 0 Å². The molecule has 0 fully saturated rings. The number of rotatable bonds is 7. The molecule has 2 heterocycles. The Kier molecular flexibility index (Phi) is 6.96. The first-order chi connectivity index (χ1) is 17.1. The highest BCUT2D eigenvalue weighted by Crippen LogP contribution is 2.36. The Hall–Kier alpha value is -3.95. The molecule has 0 saturated carbocycles. The smallest absolute Gasteiger partial charge is 0.340 e. The highest BCUT2D eigenvalue weighted by atomic mass is 32.2. The van der Waals surface area contributed by atoms with Crippen LogP contribution >= 0.6 is 0 Å². The molecule has 0 radical (unpaired) electrons. The number of nitrogens with one attached hydrogen (secondary N) is 1. The van der Waals surface area contributed by atoms with Crippen molar-refractivity contribution in [2.24, 2.45) is 0 Å². The van der Waals surface area contributed by atoms with Crippen LogP contribution < -0.4 is 9.62 Å². The molecule has 3 aromatic rings. The molecule has 1 aromatic heterocycles. The monoisotopic (exact) mass is 506 g/mol. The number of carbonyl (C=O) groups excluding carboxylic acids is 2. The molecule has 1 amide bonds. The Balaban J connectivity index is 1.62. The minimum absolute atomic E-state index is 0.0815. The second kappa shape index (κ2) is 9.96. The van der Waals surface area contributed by atoms with Crippen molar-refractivity contribution in [2.45, 2.75) is 32.2 Å². The van der Waals surface area contributed by atoms with Gasteiger partial charge in [0.2, 0.25) is 10.0 Å². The van der Waals surface area contributed by atoms with Gasteiger partial charge in [0.15, 0.2) is 0 Å². The van der Waals surface area contributed by atoms with Gasteiger partial charge in [0, 0.05) is 11.4 Å². The van der Waals surface area contributed by atoms with Crippen molar-refractivity contribution in [2.75, 3.05) is 12.0 Å². The molecule has 8 nitrogen and oxygen atoms in total. The number of methoxy groups -OCH3 is 1. The number of esters is 1. The van der Waals surface area contributed by atoms with Gasteiger partial charge >= 0.3 is 5.97 Å². The van der Waals surface area contributed by atoms with Crippen LogP contribution in [-0.2, 0) is 30.9 Å². The van der Waals surface area contributed by atoms with Crippen molar-refractivity contribution < 1.29 is 27.2 Å². The summed E-state index contributed by atoms with van der Waals surface area (Å²) < 4.78 is 38.1. The Bertz CT molecular complexity index is 1500. The quantitative estimate of drug-likeness (QED) is 0.379. The lowest BCUT2D eigenvalue weighted by atomic mass is 10.1. The predicted molar refractivity (Wildman–Crippen MR) is 135 cm³/mol. The first-order valence-corrected chi connectivity index (χ1v) is 12.7. The van der Waals surface area contributed by atoms with E-state index in [1.807, 2.05) is 32.0 Å². The van der Waals surface area contributed by atoms with Gasteiger partial charge < -0.3 is 9.15 Å². The minimum Gasteiger partial charge on any atom is -0.465 e. The zero-order chi connectivity index (χ0) is 26.0. The van der Waals surface area contributed by atoms with Gasteiger partial charge in [-0.05, 0) is 74.4 Å². The van der Waals surface area contributed by atoms with E-state index in [0.29, 0.717) is 22.9 Å². The average Bonchev–Trinajstić information content (AvgIpc) is 3.41. The highest BCUT2D eigenvalue weighted by Gasteiger charge is 2.38. The lowest BCUT2D eigenvalue weighted by Crippen LogP contribution is -2.24. The number of carbonyl (C=O) groups is 2. The predicted octanol–water partition coefficient (Wildman–Crippen LogP) is 4.25. The molecule has 0 aliphatic carbocycles. The van der Waals surface area contributed by atoms with Gasteiger partial charge in [-0.25, -0.2) is 17.9 Å². The van der Waals surface area contributed by atoms with Crippen molar-refractivity contribution in [1.82, 2.24) is 4.72 Å². The summed E-state index contributed by atoms with van der Waals surface area (Å²) in [5, 5.41) is 0. The second-order valence-corrected chi connectivity index (χ2v) is 10.1. The molecule has 0 unspecified atom stereocenters. The van der Waals surface area contributed by atoms with E-state index in [0.717, 1.165) is 11.1 Å². The summed E-state index contributed by atoms with van der Waals surface area (Å²) in [5.74, 6) is -0.388. The third-order valence-electron chi connectivity index (χ3n) is 6.00. The maximum atomic E-state index is 13.4. The summed E-state index contributed by atoms with van der Waals surface area (Å²) in [4.78, 5) is 27.7. The molecule has 186 valence electrons. The molecule has 36 heavy (non-hydrogen) atoms. The zero-order valence-electron chi connectivity index (χ0n) is 20.4. The third kappa shape index (κ3) is 4.89. The van der Waals surface area contributed by atoms with E-state index in [1.54, 1.807) is 37.3 Å². The molecule has 0 bridgehead atoms. The molecular weight excluding hydrogens is 480 g/mol. The van der Waals surface area contributed by atoms with Gasteiger partial charge in [-0.1, -0.05) is 24.3 Å². The molecule has 1 aliphatic rings. The highest BCUT2D eigenvalue weighted by molar-refractivity contribution is 7.89. The topological polar surface area (TPSA) is 106 Å². The first kappa shape index (κ1) is 25.2. The molecule has 2 aromatic carbocycles. The fraction of sp³-hybridized carbons (Fsp3) is 0.185. The number of benzene rings is 2. The molecule has 1 aliphatic heterocycles. The molecule has 4 rings (SSSR count). The van der Waals surface area contributed by atoms with Crippen LogP contribution in [0.25, 0.3) is 6.08 Å². The summed E-state index contributed by atoms with van der Waals surface area (Å²) in [6.45, 7) is 5.54. The average molecular weight is 507 g/mol.